The molecule has 12 nitrogen and oxygen atoms in total. The zero-order chi connectivity index (χ0) is 38.9. The van der Waals surface area contributed by atoms with Gasteiger partial charge in [0.05, 0.1) is 17.7 Å². The number of hydrogen-bond acceptors (Lipinski definition) is 8. The van der Waals surface area contributed by atoms with Gasteiger partial charge in [-0.05, 0) is 111 Å². The van der Waals surface area contributed by atoms with Crippen LogP contribution < -0.4 is 15.1 Å². The van der Waals surface area contributed by atoms with Crippen molar-refractivity contribution in [1.82, 2.24) is 20.0 Å². The van der Waals surface area contributed by atoms with Crippen LogP contribution >= 0.6 is 11.6 Å². The molecular weight excluding hydrogens is 730 g/mol. The minimum atomic E-state index is -0.974. The van der Waals surface area contributed by atoms with Crippen LogP contribution in [-0.4, -0.2) is 95.1 Å². The summed E-state index contributed by atoms with van der Waals surface area (Å²) in [6.07, 6.45) is 5.23. The van der Waals surface area contributed by atoms with Crippen LogP contribution in [-0.2, 0) is 22.7 Å². The van der Waals surface area contributed by atoms with Crippen molar-refractivity contribution < 1.29 is 24.0 Å². The van der Waals surface area contributed by atoms with E-state index in [0.717, 1.165) is 79.1 Å². The molecule has 0 aliphatic carbocycles. The SMILES string of the molecule is [C-]#[N+]c1ccc(N2CC3(CCN(c4ccc(C(=O)N5CCC(N6Cc7cc8c(cc7C6)C(=O)N(C6CCC(=O)NC6=O)C8=O)CC5)cc4)CC3)C[C@@H]2C)cc1Cl. The highest BCUT2D eigenvalue weighted by atomic mass is 35.5. The van der Waals surface area contributed by atoms with Gasteiger partial charge in [0.25, 0.3) is 17.7 Å². The Hall–Kier alpha value is -5.25. The molecule has 6 aliphatic rings. The van der Waals surface area contributed by atoms with Gasteiger partial charge in [-0.25, -0.2) is 4.85 Å². The molecular formula is C43H44ClN7O5. The maximum Gasteiger partial charge on any atom is 0.262 e. The molecule has 0 saturated carbocycles. The fraction of sp³-hybridized carbons (Fsp3) is 0.442. The summed E-state index contributed by atoms with van der Waals surface area (Å²) >= 11 is 6.38. The molecule has 0 radical (unpaired) electrons. The molecule has 0 bridgehead atoms. The third-order valence-electron chi connectivity index (χ3n) is 13.2. The first-order chi connectivity index (χ1) is 27.0. The van der Waals surface area contributed by atoms with Crippen LogP contribution in [0.1, 0.15) is 94.1 Å². The van der Waals surface area contributed by atoms with Crippen molar-refractivity contribution in [2.75, 3.05) is 42.5 Å². The van der Waals surface area contributed by atoms with E-state index in [4.69, 9.17) is 18.2 Å². The van der Waals surface area contributed by atoms with E-state index >= 15 is 0 Å². The lowest BCUT2D eigenvalue weighted by Crippen LogP contribution is -2.54. The Kier molecular flexibility index (Phi) is 9.13. The van der Waals surface area contributed by atoms with E-state index in [1.807, 2.05) is 35.2 Å². The average molecular weight is 774 g/mol. The number of amides is 5. The number of benzene rings is 3. The topological polar surface area (TPSA) is 118 Å². The summed E-state index contributed by atoms with van der Waals surface area (Å²) in [6.45, 7) is 15.1. The molecule has 4 saturated heterocycles. The monoisotopic (exact) mass is 773 g/mol. The summed E-state index contributed by atoms with van der Waals surface area (Å²) in [5, 5.41) is 2.75. The first-order valence-electron chi connectivity index (χ1n) is 19.7. The summed E-state index contributed by atoms with van der Waals surface area (Å²) in [4.78, 5) is 78.1. The molecule has 1 spiro atoms. The Labute approximate surface area is 331 Å². The van der Waals surface area contributed by atoms with Gasteiger partial charge in [0.15, 0.2) is 0 Å². The summed E-state index contributed by atoms with van der Waals surface area (Å²) in [5.41, 5.74) is 6.32. The van der Waals surface area contributed by atoms with E-state index in [0.29, 0.717) is 59.6 Å². The van der Waals surface area contributed by atoms with Crippen LogP contribution in [0.4, 0.5) is 17.1 Å². The first-order valence-corrected chi connectivity index (χ1v) is 20.1. The fourth-order valence-electron chi connectivity index (χ4n) is 10.1. The second-order valence-corrected chi connectivity index (χ2v) is 16.9. The van der Waals surface area contributed by atoms with Crippen LogP contribution in [0.3, 0.4) is 0 Å². The van der Waals surface area contributed by atoms with Crippen molar-refractivity contribution in [1.29, 1.82) is 0 Å². The normalized spacial score (nSPS) is 23.8. The molecule has 6 heterocycles. The molecule has 5 amide bonds. The van der Waals surface area contributed by atoms with Gasteiger partial charge in [0, 0.05) is 86.3 Å². The molecule has 6 aliphatic heterocycles. The third kappa shape index (κ3) is 6.31. The summed E-state index contributed by atoms with van der Waals surface area (Å²) in [5.74, 6) is -1.91. The van der Waals surface area contributed by atoms with Crippen LogP contribution in [0.15, 0.2) is 54.6 Å². The molecule has 9 rings (SSSR count). The van der Waals surface area contributed by atoms with Crippen molar-refractivity contribution in [3.63, 3.8) is 0 Å². The van der Waals surface area contributed by atoms with E-state index in [1.54, 1.807) is 12.1 Å². The number of anilines is 2. The number of likely N-dealkylation sites (tertiary alicyclic amines) is 1. The molecule has 3 aromatic rings. The highest BCUT2D eigenvalue weighted by molar-refractivity contribution is 6.33. The molecule has 56 heavy (non-hydrogen) atoms. The average Bonchev–Trinajstić information content (AvgIpc) is 3.84. The Morgan fingerprint density at radius 3 is 2.11 bits per heavy atom. The highest BCUT2D eigenvalue weighted by Gasteiger charge is 2.46. The predicted octanol–water partition coefficient (Wildman–Crippen LogP) is 5.80. The van der Waals surface area contributed by atoms with Gasteiger partial charge in [0.1, 0.15) is 6.04 Å². The van der Waals surface area contributed by atoms with Crippen LogP contribution in [0, 0.1) is 12.0 Å². The Balaban J connectivity index is 0.766. The second-order valence-electron chi connectivity index (χ2n) is 16.5. The van der Waals surface area contributed by atoms with Gasteiger partial charge in [-0.15, -0.1) is 0 Å². The number of carbonyl (C=O) groups is 5. The molecule has 1 N–H and O–H groups in total. The number of carbonyl (C=O) groups excluding carboxylic acids is 5. The number of hydrogen-bond donors (Lipinski definition) is 1. The summed E-state index contributed by atoms with van der Waals surface area (Å²) < 4.78 is 0. The minimum Gasteiger partial charge on any atom is -0.371 e. The standard InChI is InChI=1S/C43H44ClN7O5/c1-26-22-43(25-50(26)32-7-8-36(45-2)35(44)21-32)13-17-47(18-14-43)30-5-3-27(4-6-30)40(54)48-15-11-31(12-16-48)49-23-28-19-33-34(20-29(28)24-49)42(56)51(41(33)55)37-9-10-38(52)46-39(37)53/h3-8,19-21,26,31,37H,9-18,22-25H2,1H3,(H,46,52,53)/t26-,37?/m0/s1. The van der Waals surface area contributed by atoms with E-state index in [9.17, 15) is 24.0 Å². The fourth-order valence-corrected chi connectivity index (χ4v) is 10.3. The molecule has 288 valence electrons. The van der Waals surface area contributed by atoms with Crippen molar-refractivity contribution in [2.24, 2.45) is 5.41 Å². The number of nitrogens with zero attached hydrogens (tertiary/aromatic N) is 6. The lowest BCUT2D eigenvalue weighted by atomic mass is 9.76. The molecule has 1 unspecified atom stereocenters. The lowest BCUT2D eigenvalue weighted by molar-refractivity contribution is -0.136. The van der Waals surface area contributed by atoms with Crippen LogP contribution in [0.5, 0.6) is 0 Å². The Morgan fingerprint density at radius 1 is 0.857 bits per heavy atom. The van der Waals surface area contributed by atoms with Gasteiger partial charge in [-0.1, -0.05) is 17.7 Å². The minimum absolute atomic E-state index is 0.0518. The Morgan fingerprint density at radius 2 is 1.50 bits per heavy atom. The van der Waals surface area contributed by atoms with Crippen molar-refractivity contribution in [3.05, 3.63) is 98.9 Å². The van der Waals surface area contributed by atoms with E-state index in [-0.39, 0.29) is 30.2 Å². The number of piperidine rings is 3. The van der Waals surface area contributed by atoms with Gasteiger partial charge >= 0.3 is 0 Å². The van der Waals surface area contributed by atoms with Crippen LogP contribution in [0.2, 0.25) is 5.02 Å². The van der Waals surface area contributed by atoms with Crippen molar-refractivity contribution in [2.45, 2.75) is 83.1 Å². The molecule has 0 aromatic heterocycles. The molecule has 3 aromatic carbocycles. The lowest BCUT2D eigenvalue weighted by Gasteiger charge is -2.40. The van der Waals surface area contributed by atoms with Gasteiger partial charge in [0.2, 0.25) is 17.5 Å². The van der Waals surface area contributed by atoms with Gasteiger partial charge in [-0.3, -0.25) is 39.1 Å². The third-order valence-corrected chi connectivity index (χ3v) is 13.5. The smallest absolute Gasteiger partial charge is 0.262 e. The molecule has 4 fully saturated rings. The second kappa shape index (κ2) is 14.0. The summed E-state index contributed by atoms with van der Waals surface area (Å²) in [7, 11) is 0. The number of nitrogens with one attached hydrogen (secondary N) is 1. The maximum atomic E-state index is 13.6. The predicted molar refractivity (Wildman–Crippen MR) is 211 cm³/mol. The van der Waals surface area contributed by atoms with Gasteiger partial charge in [-0.2, -0.15) is 0 Å². The van der Waals surface area contributed by atoms with Crippen molar-refractivity contribution >= 4 is 58.2 Å². The number of halogens is 1. The first kappa shape index (κ1) is 36.4. The van der Waals surface area contributed by atoms with Crippen molar-refractivity contribution in [3.8, 4) is 0 Å². The zero-order valence-corrected chi connectivity index (χ0v) is 32.2. The van der Waals surface area contributed by atoms with Crippen LogP contribution in [0.25, 0.3) is 4.85 Å². The highest BCUT2D eigenvalue weighted by Crippen LogP contribution is 2.46. The zero-order valence-electron chi connectivity index (χ0n) is 31.4. The molecule has 2 atom stereocenters. The largest absolute Gasteiger partial charge is 0.371 e. The Bertz CT molecular complexity index is 2160. The van der Waals surface area contributed by atoms with Gasteiger partial charge < -0.3 is 14.7 Å². The van der Waals surface area contributed by atoms with E-state index in [1.165, 1.54) is 0 Å². The number of rotatable bonds is 5. The molecule has 13 heteroatoms. The quantitative estimate of drug-likeness (QED) is 0.256. The van der Waals surface area contributed by atoms with E-state index in [2.05, 4.69) is 43.9 Å². The number of fused-ring (bicyclic) bond motifs is 2. The number of imide groups is 2. The maximum absolute atomic E-state index is 13.6. The van der Waals surface area contributed by atoms with E-state index < -0.39 is 29.7 Å². The summed E-state index contributed by atoms with van der Waals surface area (Å²) in [6, 6.07) is 17.2.